The first kappa shape index (κ1) is 13.1. The summed E-state index contributed by atoms with van der Waals surface area (Å²) in [6.45, 7) is -0.198. The highest BCUT2D eigenvalue weighted by molar-refractivity contribution is 5.99. The molecular weight excluding hydrogens is 274 g/mol. The molecule has 1 aliphatic heterocycles. The summed E-state index contributed by atoms with van der Waals surface area (Å²) in [6, 6.07) is 8.02. The van der Waals surface area contributed by atoms with Crippen LogP contribution in [0.4, 0.5) is 0 Å². The zero-order chi connectivity index (χ0) is 14.7. The second-order valence-electron chi connectivity index (χ2n) is 4.31. The minimum absolute atomic E-state index is 0.142. The number of fused-ring (bicyclic) bond motifs is 1. The van der Waals surface area contributed by atoms with Crippen molar-refractivity contribution in [1.82, 2.24) is 4.98 Å². The van der Waals surface area contributed by atoms with Crippen LogP contribution in [-0.2, 0) is 4.74 Å². The monoisotopic (exact) mass is 285 g/mol. The minimum Gasteiger partial charge on any atom is -0.454 e. The molecule has 21 heavy (non-hydrogen) atoms. The lowest BCUT2D eigenvalue weighted by Crippen LogP contribution is -2.14. The van der Waals surface area contributed by atoms with Gasteiger partial charge >= 0.3 is 5.97 Å². The van der Waals surface area contributed by atoms with Crippen molar-refractivity contribution >= 4 is 11.8 Å². The lowest BCUT2D eigenvalue weighted by Gasteiger charge is -2.05. The van der Waals surface area contributed by atoms with Crippen molar-refractivity contribution in [3.8, 4) is 11.5 Å². The van der Waals surface area contributed by atoms with E-state index < -0.39 is 5.97 Å². The van der Waals surface area contributed by atoms with Gasteiger partial charge in [-0.2, -0.15) is 0 Å². The quantitative estimate of drug-likeness (QED) is 0.630. The number of hydrogen-bond acceptors (Lipinski definition) is 6. The molecular formula is C15H11NO5. The Labute approximate surface area is 120 Å². The third-order valence-corrected chi connectivity index (χ3v) is 2.93. The van der Waals surface area contributed by atoms with E-state index in [1.807, 2.05) is 0 Å². The number of hydrogen-bond donors (Lipinski definition) is 0. The van der Waals surface area contributed by atoms with Crippen LogP contribution >= 0.6 is 0 Å². The minimum atomic E-state index is -0.586. The van der Waals surface area contributed by atoms with Crippen molar-refractivity contribution in [1.29, 1.82) is 0 Å². The Balaban J connectivity index is 1.63. The number of carbonyl (C=O) groups excluding carboxylic acids is 2. The average Bonchev–Trinajstić information content (AvgIpc) is 3.00. The second-order valence-corrected chi connectivity index (χ2v) is 4.31. The molecule has 0 radical (unpaired) electrons. The van der Waals surface area contributed by atoms with Gasteiger partial charge in [-0.1, -0.05) is 0 Å². The van der Waals surface area contributed by atoms with E-state index in [4.69, 9.17) is 14.2 Å². The summed E-state index contributed by atoms with van der Waals surface area (Å²) in [4.78, 5) is 27.5. The van der Waals surface area contributed by atoms with Crippen molar-refractivity contribution in [2.75, 3.05) is 13.4 Å². The van der Waals surface area contributed by atoms with Crippen molar-refractivity contribution in [3.05, 3.63) is 53.9 Å². The number of ether oxygens (including phenoxy) is 3. The van der Waals surface area contributed by atoms with Gasteiger partial charge in [0, 0.05) is 18.0 Å². The van der Waals surface area contributed by atoms with Gasteiger partial charge in [-0.3, -0.25) is 9.78 Å². The van der Waals surface area contributed by atoms with Gasteiger partial charge in [0.25, 0.3) is 0 Å². The van der Waals surface area contributed by atoms with Gasteiger partial charge in [0.2, 0.25) is 6.79 Å². The molecule has 1 aliphatic rings. The largest absolute Gasteiger partial charge is 0.454 e. The van der Waals surface area contributed by atoms with Crippen LogP contribution in [0.2, 0.25) is 0 Å². The number of aromatic nitrogens is 1. The van der Waals surface area contributed by atoms with Gasteiger partial charge in [0.15, 0.2) is 23.9 Å². The van der Waals surface area contributed by atoms with E-state index in [9.17, 15) is 9.59 Å². The van der Waals surface area contributed by atoms with Gasteiger partial charge in [-0.15, -0.1) is 0 Å². The van der Waals surface area contributed by atoms with Crippen molar-refractivity contribution in [2.45, 2.75) is 0 Å². The molecule has 0 spiro atoms. The third kappa shape index (κ3) is 2.84. The fourth-order valence-electron chi connectivity index (χ4n) is 1.85. The number of carbonyl (C=O) groups is 2. The first-order valence-corrected chi connectivity index (χ1v) is 6.24. The van der Waals surface area contributed by atoms with E-state index in [0.29, 0.717) is 22.6 Å². The van der Waals surface area contributed by atoms with E-state index in [-0.39, 0.29) is 19.2 Å². The molecule has 1 aromatic heterocycles. The molecule has 2 heterocycles. The first-order chi connectivity index (χ1) is 10.2. The lowest BCUT2D eigenvalue weighted by molar-refractivity contribution is 0.0474. The summed E-state index contributed by atoms with van der Waals surface area (Å²) in [5.41, 5.74) is 0.703. The molecule has 3 rings (SSSR count). The maximum Gasteiger partial charge on any atom is 0.340 e. The highest BCUT2D eigenvalue weighted by Crippen LogP contribution is 2.32. The van der Waals surface area contributed by atoms with Crippen molar-refractivity contribution in [2.24, 2.45) is 0 Å². The molecule has 0 aliphatic carbocycles. The molecule has 0 saturated carbocycles. The summed E-state index contributed by atoms with van der Waals surface area (Å²) in [7, 11) is 0. The maximum absolute atomic E-state index is 12.0. The second kappa shape index (κ2) is 5.62. The molecule has 0 amide bonds. The standard InChI is InChI=1S/C15H11NO5/c17-12(8-19-15(18)11-2-1-5-16-7-11)10-3-4-13-14(6-10)21-9-20-13/h1-7H,8-9H2. The van der Waals surface area contributed by atoms with E-state index in [1.165, 1.54) is 6.20 Å². The number of rotatable bonds is 4. The molecule has 0 atom stereocenters. The maximum atomic E-state index is 12.0. The summed E-state index contributed by atoms with van der Waals surface area (Å²) < 4.78 is 15.3. The molecule has 6 nitrogen and oxygen atoms in total. The number of nitrogens with zero attached hydrogens (tertiary/aromatic N) is 1. The highest BCUT2D eigenvalue weighted by Gasteiger charge is 2.17. The number of benzene rings is 1. The molecule has 106 valence electrons. The van der Waals surface area contributed by atoms with Crippen molar-refractivity contribution < 1.29 is 23.8 Å². The topological polar surface area (TPSA) is 74.7 Å². The van der Waals surface area contributed by atoms with Crippen LogP contribution < -0.4 is 9.47 Å². The molecule has 0 unspecified atom stereocenters. The van der Waals surface area contributed by atoms with Crippen LogP contribution in [0.3, 0.4) is 0 Å². The molecule has 1 aromatic carbocycles. The molecule has 2 aromatic rings. The van der Waals surface area contributed by atoms with Crippen LogP contribution in [0.15, 0.2) is 42.7 Å². The number of ketones is 1. The lowest BCUT2D eigenvalue weighted by atomic mass is 10.1. The van der Waals surface area contributed by atoms with E-state index in [1.54, 1.807) is 36.5 Å². The Kier molecular flexibility index (Phi) is 3.51. The van der Waals surface area contributed by atoms with E-state index >= 15 is 0 Å². The number of pyridine rings is 1. The van der Waals surface area contributed by atoms with E-state index in [2.05, 4.69) is 4.98 Å². The number of Topliss-reactive ketones (excluding diaryl/α,β-unsaturated/α-hetero) is 1. The van der Waals surface area contributed by atoms with Gasteiger partial charge < -0.3 is 14.2 Å². The molecule has 0 N–H and O–H groups in total. The van der Waals surface area contributed by atoms with Gasteiger partial charge in [-0.25, -0.2) is 4.79 Å². The Morgan fingerprint density at radius 3 is 2.81 bits per heavy atom. The van der Waals surface area contributed by atoms with Crippen LogP contribution in [0.1, 0.15) is 20.7 Å². The van der Waals surface area contributed by atoms with Gasteiger partial charge in [-0.05, 0) is 30.3 Å². The summed E-state index contributed by atoms with van der Waals surface area (Å²) in [6.07, 6.45) is 2.93. The van der Waals surface area contributed by atoms with Crippen LogP contribution in [-0.4, -0.2) is 30.1 Å². The zero-order valence-electron chi connectivity index (χ0n) is 10.9. The summed E-state index contributed by atoms with van der Waals surface area (Å²) >= 11 is 0. The fraction of sp³-hybridized carbons (Fsp3) is 0.133. The normalized spacial score (nSPS) is 12.0. The SMILES string of the molecule is O=C(COC(=O)c1cccnc1)c1ccc2c(c1)OCO2. The summed E-state index contributed by atoms with van der Waals surface area (Å²) in [5.74, 6) is 0.209. The van der Waals surface area contributed by atoms with Gasteiger partial charge in [0.1, 0.15) is 0 Å². The zero-order valence-corrected chi connectivity index (χ0v) is 10.9. The molecule has 0 saturated heterocycles. The average molecular weight is 285 g/mol. The number of esters is 1. The Morgan fingerprint density at radius 2 is 2.00 bits per heavy atom. The van der Waals surface area contributed by atoms with Gasteiger partial charge in [0.05, 0.1) is 5.56 Å². The Morgan fingerprint density at radius 1 is 1.14 bits per heavy atom. The first-order valence-electron chi connectivity index (χ1n) is 6.24. The third-order valence-electron chi connectivity index (χ3n) is 2.93. The summed E-state index contributed by atoms with van der Waals surface area (Å²) in [5, 5.41) is 0. The van der Waals surface area contributed by atoms with Crippen LogP contribution in [0.25, 0.3) is 0 Å². The predicted octanol–water partition coefficient (Wildman–Crippen LogP) is 1.85. The highest BCUT2D eigenvalue weighted by atomic mass is 16.7. The predicted molar refractivity (Wildman–Crippen MR) is 71.4 cm³/mol. The fourth-order valence-corrected chi connectivity index (χ4v) is 1.85. The molecule has 0 fully saturated rings. The van der Waals surface area contributed by atoms with Crippen LogP contribution in [0, 0.1) is 0 Å². The Hall–Kier alpha value is -2.89. The molecule has 0 bridgehead atoms. The molecule has 6 heteroatoms. The van der Waals surface area contributed by atoms with Crippen molar-refractivity contribution in [3.63, 3.8) is 0 Å². The smallest absolute Gasteiger partial charge is 0.340 e. The Bertz CT molecular complexity index is 684. The van der Waals surface area contributed by atoms with Crippen LogP contribution in [0.5, 0.6) is 11.5 Å². The van der Waals surface area contributed by atoms with E-state index in [0.717, 1.165) is 0 Å².